The van der Waals surface area contributed by atoms with Gasteiger partial charge in [-0.15, -0.1) is 0 Å². The second-order valence-corrected chi connectivity index (χ2v) is 10.3. The predicted molar refractivity (Wildman–Crippen MR) is 130 cm³/mol. The second-order valence-electron chi connectivity index (χ2n) is 10.3. The maximum absolute atomic E-state index is 14.7. The SMILES string of the molecule is C=CCOc1ccc(C2CCC(C3CCC(CCCCCCCC)CC3)CC2)c(F)c1F. The van der Waals surface area contributed by atoms with Gasteiger partial charge >= 0.3 is 0 Å². The Morgan fingerprint density at radius 1 is 0.844 bits per heavy atom. The van der Waals surface area contributed by atoms with Crippen LogP contribution in [0.5, 0.6) is 5.75 Å². The molecule has 180 valence electrons. The summed E-state index contributed by atoms with van der Waals surface area (Å²) in [4.78, 5) is 0. The molecule has 0 amide bonds. The maximum atomic E-state index is 14.7. The summed E-state index contributed by atoms with van der Waals surface area (Å²) in [6.45, 7) is 6.01. The molecule has 0 saturated heterocycles. The Morgan fingerprint density at radius 2 is 1.47 bits per heavy atom. The molecule has 1 aromatic rings. The molecule has 0 radical (unpaired) electrons. The van der Waals surface area contributed by atoms with E-state index in [4.69, 9.17) is 4.74 Å². The lowest BCUT2D eigenvalue weighted by Gasteiger charge is -2.38. The number of benzene rings is 1. The fourth-order valence-corrected chi connectivity index (χ4v) is 6.19. The number of halogens is 2. The molecule has 0 atom stereocenters. The quantitative estimate of drug-likeness (QED) is 0.229. The molecular formula is C29H44F2O. The van der Waals surface area contributed by atoms with Gasteiger partial charge in [-0.2, -0.15) is 4.39 Å². The summed E-state index contributed by atoms with van der Waals surface area (Å²) < 4.78 is 34.3. The van der Waals surface area contributed by atoms with E-state index in [1.54, 1.807) is 12.1 Å². The fourth-order valence-electron chi connectivity index (χ4n) is 6.19. The summed E-state index contributed by atoms with van der Waals surface area (Å²) in [7, 11) is 0. The number of rotatable bonds is 12. The summed E-state index contributed by atoms with van der Waals surface area (Å²) in [5, 5.41) is 0. The lowest BCUT2D eigenvalue weighted by atomic mass is 9.68. The fraction of sp³-hybridized carbons (Fsp3) is 0.724. The number of ether oxygens (including phenoxy) is 1. The van der Waals surface area contributed by atoms with E-state index in [0.717, 1.165) is 43.4 Å². The van der Waals surface area contributed by atoms with Gasteiger partial charge in [-0.3, -0.25) is 0 Å². The minimum atomic E-state index is -0.852. The summed E-state index contributed by atoms with van der Waals surface area (Å²) >= 11 is 0. The number of hydrogen-bond acceptors (Lipinski definition) is 1. The van der Waals surface area contributed by atoms with E-state index < -0.39 is 11.6 Å². The first-order chi connectivity index (χ1) is 15.6. The van der Waals surface area contributed by atoms with E-state index in [1.807, 2.05) is 0 Å². The van der Waals surface area contributed by atoms with Gasteiger partial charge in [-0.1, -0.05) is 83.4 Å². The minimum absolute atomic E-state index is 0.0162. The molecule has 0 N–H and O–H groups in total. The van der Waals surface area contributed by atoms with Crippen LogP contribution in [0.2, 0.25) is 0 Å². The lowest BCUT2D eigenvalue weighted by molar-refractivity contribution is 0.155. The topological polar surface area (TPSA) is 9.23 Å². The average molecular weight is 447 g/mol. The van der Waals surface area contributed by atoms with Gasteiger partial charge in [0.1, 0.15) is 6.61 Å². The van der Waals surface area contributed by atoms with Crippen LogP contribution in [0.4, 0.5) is 8.78 Å². The molecule has 3 rings (SSSR count). The van der Waals surface area contributed by atoms with Crippen LogP contribution in [-0.2, 0) is 0 Å². The minimum Gasteiger partial charge on any atom is -0.486 e. The number of hydrogen-bond donors (Lipinski definition) is 0. The van der Waals surface area contributed by atoms with Crippen LogP contribution in [0.25, 0.3) is 0 Å². The highest BCUT2D eigenvalue weighted by atomic mass is 19.2. The maximum Gasteiger partial charge on any atom is 0.200 e. The molecule has 2 saturated carbocycles. The highest BCUT2D eigenvalue weighted by Gasteiger charge is 2.32. The first-order valence-electron chi connectivity index (χ1n) is 13.4. The third-order valence-corrected chi connectivity index (χ3v) is 8.17. The van der Waals surface area contributed by atoms with Gasteiger partial charge in [0, 0.05) is 0 Å². The van der Waals surface area contributed by atoms with Crippen LogP contribution in [0.15, 0.2) is 24.8 Å². The smallest absolute Gasteiger partial charge is 0.200 e. The van der Waals surface area contributed by atoms with Crippen molar-refractivity contribution in [2.24, 2.45) is 17.8 Å². The molecule has 2 aliphatic carbocycles. The molecule has 0 spiro atoms. The highest BCUT2D eigenvalue weighted by molar-refractivity contribution is 5.33. The van der Waals surface area contributed by atoms with Crippen molar-refractivity contribution < 1.29 is 13.5 Å². The third-order valence-electron chi connectivity index (χ3n) is 8.17. The van der Waals surface area contributed by atoms with Crippen molar-refractivity contribution in [1.82, 2.24) is 0 Å². The lowest BCUT2D eigenvalue weighted by Crippen LogP contribution is -2.25. The van der Waals surface area contributed by atoms with Gasteiger partial charge in [0.05, 0.1) is 0 Å². The molecule has 32 heavy (non-hydrogen) atoms. The molecular weight excluding hydrogens is 402 g/mol. The molecule has 3 heteroatoms. The first kappa shape index (κ1) is 25.2. The summed E-state index contributed by atoms with van der Waals surface area (Å²) in [5.74, 6) is 1.14. The first-order valence-corrected chi connectivity index (χ1v) is 13.4. The summed E-state index contributed by atoms with van der Waals surface area (Å²) in [5.41, 5.74) is 0.537. The largest absolute Gasteiger partial charge is 0.486 e. The average Bonchev–Trinajstić information content (AvgIpc) is 2.83. The van der Waals surface area contributed by atoms with Gasteiger partial charge in [0.15, 0.2) is 11.6 Å². The Morgan fingerprint density at radius 3 is 2.12 bits per heavy atom. The Kier molecular flexibility index (Phi) is 10.5. The van der Waals surface area contributed by atoms with Gasteiger partial charge in [-0.05, 0) is 73.8 Å². The van der Waals surface area contributed by atoms with Gasteiger partial charge in [0.2, 0.25) is 5.82 Å². The van der Waals surface area contributed by atoms with Crippen LogP contribution < -0.4 is 4.74 Å². The zero-order chi connectivity index (χ0) is 22.8. The Balaban J connectivity index is 1.39. The second kappa shape index (κ2) is 13.4. The molecule has 0 aliphatic heterocycles. The number of unbranched alkanes of at least 4 members (excludes halogenated alkanes) is 5. The van der Waals surface area contributed by atoms with Gasteiger partial charge in [0.25, 0.3) is 0 Å². The van der Waals surface area contributed by atoms with E-state index >= 15 is 0 Å². The van der Waals surface area contributed by atoms with Crippen molar-refractivity contribution in [3.8, 4) is 5.75 Å². The van der Waals surface area contributed by atoms with Crippen molar-refractivity contribution in [1.29, 1.82) is 0 Å². The molecule has 0 aromatic heterocycles. The zero-order valence-electron chi connectivity index (χ0n) is 20.2. The molecule has 0 bridgehead atoms. The van der Waals surface area contributed by atoms with E-state index in [2.05, 4.69) is 13.5 Å². The van der Waals surface area contributed by atoms with Crippen LogP contribution in [-0.4, -0.2) is 6.61 Å². The Bertz CT molecular complexity index is 685. The standard InChI is InChI=1S/C29H44F2O/c1-3-5-6-7-8-9-10-22-11-13-23(14-12-22)24-15-17-25(18-16-24)26-19-20-27(32-21-4-2)29(31)28(26)30/h4,19-20,22-25H,2-3,5-18,21H2,1H3. The van der Waals surface area contributed by atoms with Gasteiger partial charge in [-0.25, -0.2) is 4.39 Å². The molecule has 0 heterocycles. The molecule has 2 aliphatic rings. The van der Waals surface area contributed by atoms with Crippen molar-refractivity contribution in [3.05, 3.63) is 42.0 Å². The Hall–Kier alpha value is -1.38. The third kappa shape index (κ3) is 7.06. The zero-order valence-corrected chi connectivity index (χ0v) is 20.2. The van der Waals surface area contributed by atoms with Gasteiger partial charge < -0.3 is 4.74 Å². The van der Waals surface area contributed by atoms with Crippen LogP contribution in [0.3, 0.4) is 0 Å². The molecule has 2 fully saturated rings. The van der Waals surface area contributed by atoms with Crippen LogP contribution in [0, 0.1) is 29.4 Å². The summed E-state index contributed by atoms with van der Waals surface area (Å²) in [6.07, 6.45) is 21.2. The van der Waals surface area contributed by atoms with Crippen molar-refractivity contribution in [2.75, 3.05) is 6.61 Å². The molecule has 1 nitrogen and oxygen atoms in total. The van der Waals surface area contributed by atoms with Crippen molar-refractivity contribution in [2.45, 2.75) is 109 Å². The summed E-state index contributed by atoms with van der Waals surface area (Å²) in [6, 6.07) is 3.31. The van der Waals surface area contributed by atoms with Crippen molar-refractivity contribution >= 4 is 0 Å². The van der Waals surface area contributed by atoms with Crippen LogP contribution in [0.1, 0.15) is 115 Å². The highest BCUT2D eigenvalue weighted by Crippen LogP contribution is 2.45. The Labute approximate surface area is 195 Å². The van der Waals surface area contributed by atoms with E-state index in [9.17, 15) is 8.78 Å². The monoisotopic (exact) mass is 446 g/mol. The predicted octanol–water partition coefficient (Wildman–Crippen LogP) is 9.36. The van der Waals surface area contributed by atoms with E-state index in [0.29, 0.717) is 5.56 Å². The van der Waals surface area contributed by atoms with E-state index in [1.165, 1.54) is 76.7 Å². The van der Waals surface area contributed by atoms with Crippen LogP contribution >= 0.6 is 0 Å². The molecule has 1 aromatic carbocycles. The van der Waals surface area contributed by atoms with Crippen molar-refractivity contribution in [3.63, 3.8) is 0 Å². The van der Waals surface area contributed by atoms with E-state index in [-0.39, 0.29) is 18.3 Å². The normalized spacial score (nSPS) is 26.1. The molecule has 0 unspecified atom stereocenters.